The van der Waals surface area contributed by atoms with Gasteiger partial charge in [0.15, 0.2) is 23.0 Å². The minimum absolute atomic E-state index is 0.00283. The summed E-state index contributed by atoms with van der Waals surface area (Å²) in [6.45, 7) is 1.05. The number of rotatable bonds is 9. The summed E-state index contributed by atoms with van der Waals surface area (Å²) in [5.74, 6) is 2.24. The zero-order valence-corrected chi connectivity index (χ0v) is 16.9. The second kappa shape index (κ2) is 10.1. The summed E-state index contributed by atoms with van der Waals surface area (Å²) in [4.78, 5) is 12.3. The second-order valence-corrected chi connectivity index (χ2v) is 6.43. The van der Waals surface area contributed by atoms with Crippen molar-refractivity contribution in [3.63, 3.8) is 0 Å². The number of ether oxygens (including phenoxy) is 4. The molecule has 0 saturated heterocycles. The van der Waals surface area contributed by atoms with Gasteiger partial charge >= 0.3 is 0 Å². The summed E-state index contributed by atoms with van der Waals surface area (Å²) in [6.07, 6.45) is 2.01. The van der Waals surface area contributed by atoms with Crippen LogP contribution in [-0.2, 0) is 17.8 Å². The van der Waals surface area contributed by atoms with Gasteiger partial charge in [-0.05, 0) is 41.8 Å². The van der Waals surface area contributed by atoms with Gasteiger partial charge in [0.1, 0.15) is 11.6 Å². The molecule has 0 atom stereocenters. The number of nitriles is 1. The standard InChI is InChI=1S/C22H23N3O5/c1-27-18-5-3-15(9-20(18)28-2)7-8-25-22(26)17(11-23)13-24-12-16-4-6-19-21(10-16)30-14-29-19/h3-6,9-10,13,24H,7-8,12,14H2,1-2H3,(H,25,26)/b17-13-. The van der Waals surface area contributed by atoms with E-state index in [0.29, 0.717) is 42.5 Å². The van der Waals surface area contributed by atoms with Crippen LogP contribution in [0.3, 0.4) is 0 Å². The summed E-state index contributed by atoms with van der Waals surface area (Å²) in [5, 5.41) is 15.0. The van der Waals surface area contributed by atoms with Crippen molar-refractivity contribution in [1.82, 2.24) is 10.6 Å². The van der Waals surface area contributed by atoms with Crippen molar-refractivity contribution < 1.29 is 23.7 Å². The smallest absolute Gasteiger partial charge is 0.263 e. The molecule has 1 aliphatic heterocycles. The number of nitrogens with one attached hydrogen (secondary N) is 2. The lowest BCUT2D eigenvalue weighted by molar-refractivity contribution is -0.117. The molecule has 8 nitrogen and oxygen atoms in total. The minimum atomic E-state index is -0.434. The van der Waals surface area contributed by atoms with E-state index < -0.39 is 5.91 Å². The summed E-state index contributed by atoms with van der Waals surface area (Å²) in [7, 11) is 3.15. The van der Waals surface area contributed by atoms with Crippen molar-refractivity contribution in [3.8, 4) is 29.1 Å². The quantitative estimate of drug-likeness (QED) is 0.484. The number of benzene rings is 2. The average molecular weight is 409 g/mol. The SMILES string of the molecule is COc1ccc(CCNC(=O)/C(C#N)=C\NCc2ccc3c(c2)OCO3)cc1OC. The van der Waals surface area contributed by atoms with Crippen LogP contribution in [0.1, 0.15) is 11.1 Å². The van der Waals surface area contributed by atoms with Crippen LogP contribution < -0.4 is 29.6 Å². The Balaban J connectivity index is 1.49. The van der Waals surface area contributed by atoms with Crippen LogP contribution in [0.15, 0.2) is 48.2 Å². The Hall–Kier alpha value is -3.86. The van der Waals surface area contributed by atoms with Gasteiger partial charge < -0.3 is 29.6 Å². The van der Waals surface area contributed by atoms with Crippen LogP contribution in [0.4, 0.5) is 0 Å². The second-order valence-electron chi connectivity index (χ2n) is 6.43. The Morgan fingerprint density at radius 1 is 1.10 bits per heavy atom. The maximum atomic E-state index is 12.3. The van der Waals surface area contributed by atoms with E-state index in [-0.39, 0.29) is 12.4 Å². The van der Waals surface area contributed by atoms with Gasteiger partial charge in [0.2, 0.25) is 6.79 Å². The first-order valence-corrected chi connectivity index (χ1v) is 9.36. The highest BCUT2D eigenvalue weighted by Gasteiger charge is 2.13. The van der Waals surface area contributed by atoms with E-state index in [1.807, 2.05) is 42.5 Å². The lowest BCUT2D eigenvalue weighted by Gasteiger charge is -2.10. The molecule has 0 fully saturated rings. The highest BCUT2D eigenvalue weighted by molar-refractivity contribution is 5.97. The molecule has 2 aromatic carbocycles. The minimum Gasteiger partial charge on any atom is -0.493 e. The molecule has 1 heterocycles. The first-order chi connectivity index (χ1) is 14.6. The van der Waals surface area contributed by atoms with Crippen molar-refractivity contribution in [1.29, 1.82) is 5.26 Å². The van der Waals surface area contributed by atoms with E-state index in [9.17, 15) is 10.1 Å². The van der Waals surface area contributed by atoms with Gasteiger partial charge in [0.05, 0.1) is 14.2 Å². The molecule has 0 aliphatic carbocycles. The molecule has 0 bridgehead atoms. The van der Waals surface area contributed by atoms with E-state index in [1.165, 1.54) is 6.20 Å². The monoisotopic (exact) mass is 409 g/mol. The third-order valence-electron chi connectivity index (χ3n) is 4.50. The molecule has 0 saturated carbocycles. The van der Waals surface area contributed by atoms with E-state index in [0.717, 1.165) is 11.1 Å². The third-order valence-corrected chi connectivity index (χ3v) is 4.50. The first kappa shape index (κ1) is 20.9. The Bertz CT molecular complexity index is 981. The summed E-state index contributed by atoms with van der Waals surface area (Å²) in [5.41, 5.74) is 1.93. The van der Waals surface area contributed by atoms with Gasteiger partial charge in [-0.1, -0.05) is 12.1 Å². The maximum Gasteiger partial charge on any atom is 0.263 e. The van der Waals surface area contributed by atoms with Crippen molar-refractivity contribution in [2.45, 2.75) is 13.0 Å². The van der Waals surface area contributed by atoms with Crippen LogP contribution in [0.2, 0.25) is 0 Å². The van der Waals surface area contributed by atoms with E-state index in [1.54, 1.807) is 14.2 Å². The number of hydrogen-bond acceptors (Lipinski definition) is 7. The lowest BCUT2D eigenvalue weighted by atomic mass is 10.1. The van der Waals surface area contributed by atoms with Crippen molar-refractivity contribution >= 4 is 5.91 Å². The van der Waals surface area contributed by atoms with E-state index >= 15 is 0 Å². The average Bonchev–Trinajstić information content (AvgIpc) is 3.24. The van der Waals surface area contributed by atoms with Crippen LogP contribution in [0, 0.1) is 11.3 Å². The fourth-order valence-corrected chi connectivity index (χ4v) is 2.92. The highest BCUT2D eigenvalue weighted by atomic mass is 16.7. The van der Waals surface area contributed by atoms with Crippen LogP contribution >= 0.6 is 0 Å². The molecule has 156 valence electrons. The highest BCUT2D eigenvalue weighted by Crippen LogP contribution is 2.32. The fraction of sp³-hybridized carbons (Fsp3) is 0.273. The van der Waals surface area contributed by atoms with E-state index in [2.05, 4.69) is 10.6 Å². The molecule has 0 radical (unpaired) electrons. The van der Waals surface area contributed by atoms with Gasteiger partial charge in [-0.3, -0.25) is 4.79 Å². The number of carbonyl (C=O) groups excluding carboxylic acids is 1. The maximum absolute atomic E-state index is 12.3. The Morgan fingerprint density at radius 2 is 1.87 bits per heavy atom. The number of hydrogen-bond donors (Lipinski definition) is 2. The third kappa shape index (κ3) is 5.14. The molecule has 2 aromatic rings. The molecule has 0 unspecified atom stereocenters. The fourth-order valence-electron chi connectivity index (χ4n) is 2.92. The zero-order chi connectivity index (χ0) is 21.3. The molecule has 3 rings (SSSR count). The van der Waals surface area contributed by atoms with Gasteiger partial charge in [0.25, 0.3) is 5.91 Å². The Kier molecular flexibility index (Phi) is 7.00. The molecular formula is C22H23N3O5. The van der Waals surface area contributed by atoms with Crippen molar-refractivity contribution in [2.75, 3.05) is 27.6 Å². The summed E-state index contributed by atoms with van der Waals surface area (Å²) < 4.78 is 21.1. The topological polar surface area (TPSA) is 102 Å². The molecule has 0 aromatic heterocycles. The largest absolute Gasteiger partial charge is 0.493 e. The predicted molar refractivity (Wildman–Crippen MR) is 109 cm³/mol. The summed E-state index contributed by atoms with van der Waals surface area (Å²) >= 11 is 0. The molecule has 8 heteroatoms. The van der Waals surface area contributed by atoms with Gasteiger partial charge in [0, 0.05) is 19.3 Å². The van der Waals surface area contributed by atoms with Crippen LogP contribution in [0.5, 0.6) is 23.0 Å². The molecule has 1 amide bonds. The van der Waals surface area contributed by atoms with E-state index in [4.69, 9.17) is 18.9 Å². The zero-order valence-electron chi connectivity index (χ0n) is 16.9. The van der Waals surface area contributed by atoms with Crippen LogP contribution in [-0.4, -0.2) is 33.5 Å². The number of methoxy groups -OCH3 is 2. The normalized spacial score (nSPS) is 12.1. The van der Waals surface area contributed by atoms with Gasteiger partial charge in [-0.25, -0.2) is 0 Å². The van der Waals surface area contributed by atoms with Crippen molar-refractivity contribution in [3.05, 3.63) is 59.3 Å². The number of carbonyl (C=O) groups is 1. The molecular weight excluding hydrogens is 386 g/mol. The van der Waals surface area contributed by atoms with Crippen molar-refractivity contribution in [2.24, 2.45) is 0 Å². The Morgan fingerprint density at radius 3 is 2.63 bits per heavy atom. The number of amides is 1. The number of fused-ring (bicyclic) bond motifs is 1. The van der Waals surface area contributed by atoms with Gasteiger partial charge in [-0.2, -0.15) is 5.26 Å². The van der Waals surface area contributed by atoms with Gasteiger partial charge in [-0.15, -0.1) is 0 Å². The molecule has 2 N–H and O–H groups in total. The molecule has 0 spiro atoms. The predicted octanol–water partition coefficient (Wildman–Crippen LogP) is 2.29. The summed E-state index contributed by atoms with van der Waals surface area (Å²) in [6, 6.07) is 13.1. The Labute approximate surface area is 175 Å². The first-order valence-electron chi connectivity index (χ1n) is 9.36. The molecule has 30 heavy (non-hydrogen) atoms. The van der Waals surface area contributed by atoms with Crippen LogP contribution in [0.25, 0.3) is 0 Å². The lowest BCUT2D eigenvalue weighted by Crippen LogP contribution is -2.27. The molecule has 1 aliphatic rings. The number of nitrogens with zero attached hydrogens (tertiary/aromatic N) is 1.